The zero-order chi connectivity index (χ0) is 30.3. The van der Waals surface area contributed by atoms with Crippen LogP contribution in [0.1, 0.15) is 85.6 Å². The molecular formula is C31H39N5O6. The van der Waals surface area contributed by atoms with Crippen LogP contribution in [0.5, 0.6) is 0 Å². The first-order valence-corrected chi connectivity index (χ1v) is 14.2. The lowest BCUT2D eigenvalue weighted by molar-refractivity contribution is -0.139. The highest BCUT2D eigenvalue weighted by Crippen LogP contribution is 2.33. The first kappa shape index (κ1) is 30.7. The van der Waals surface area contributed by atoms with Gasteiger partial charge in [0.15, 0.2) is 5.76 Å². The second-order valence-electron chi connectivity index (χ2n) is 11.6. The summed E-state index contributed by atoms with van der Waals surface area (Å²) in [6.07, 6.45) is 6.25. The molecule has 0 saturated carbocycles. The predicted octanol–water partition coefficient (Wildman–Crippen LogP) is 4.42. The van der Waals surface area contributed by atoms with Gasteiger partial charge in [0, 0.05) is 30.0 Å². The average Bonchev–Trinajstić information content (AvgIpc) is 3.42. The summed E-state index contributed by atoms with van der Waals surface area (Å²) in [4.78, 5) is 48.1. The fraction of sp³-hybridized carbons (Fsp3) is 0.452. The highest BCUT2D eigenvalue weighted by atomic mass is 16.6. The number of hydrogen-bond acceptors (Lipinski definition) is 8. The Kier molecular flexibility index (Phi) is 9.95. The fourth-order valence-electron chi connectivity index (χ4n) is 5.08. The summed E-state index contributed by atoms with van der Waals surface area (Å²) in [5.41, 5.74) is 8.63. The van der Waals surface area contributed by atoms with Gasteiger partial charge in [-0.25, -0.2) is 9.59 Å². The summed E-state index contributed by atoms with van der Waals surface area (Å²) < 4.78 is 11.3. The molecule has 1 aliphatic rings. The highest BCUT2D eigenvalue weighted by Gasteiger charge is 2.30. The van der Waals surface area contributed by atoms with Crippen LogP contribution in [-0.4, -0.2) is 55.6 Å². The van der Waals surface area contributed by atoms with Gasteiger partial charge in [-0.3, -0.25) is 19.7 Å². The number of furan rings is 1. The fourth-order valence-corrected chi connectivity index (χ4v) is 5.08. The minimum Gasteiger partial charge on any atom is -0.480 e. The lowest BCUT2D eigenvalue weighted by Gasteiger charge is -2.29. The molecule has 3 aromatic rings. The summed E-state index contributed by atoms with van der Waals surface area (Å²) in [7, 11) is 0. The van der Waals surface area contributed by atoms with Crippen molar-refractivity contribution in [2.45, 2.75) is 89.6 Å². The van der Waals surface area contributed by atoms with Crippen LogP contribution in [0.25, 0.3) is 0 Å². The number of aromatic nitrogens is 2. The van der Waals surface area contributed by atoms with Gasteiger partial charge in [-0.05, 0) is 88.8 Å². The Morgan fingerprint density at radius 1 is 1.10 bits per heavy atom. The van der Waals surface area contributed by atoms with E-state index in [2.05, 4.69) is 21.4 Å². The van der Waals surface area contributed by atoms with Gasteiger partial charge in [-0.15, -0.1) is 0 Å². The summed E-state index contributed by atoms with van der Waals surface area (Å²) in [5.74, 6) is -1.50. The van der Waals surface area contributed by atoms with E-state index in [-0.39, 0.29) is 37.2 Å². The van der Waals surface area contributed by atoms with Crippen LogP contribution in [0.15, 0.2) is 59.3 Å². The van der Waals surface area contributed by atoms with Gasteiger partial charge in [0.05, 0.1) is 18.8 Å². The number of carboxylic acids is 1. The van der Waals surface area contributed by atoms with Gasteiger partial charge in [0.25, 0.3) is 5.91 Å². The summed E-state index contributed by atoms with van der Waals surface area (Å²) in [6.45, 7) is 5.51. The Balaban J connectivity index is 1.38. The van der Waals surface area contributed by atoms with E-state index in [1.165, 1.54) is 16.5 Å². The molecule has 4 rings (SSSR count). The van der Waals surface area contributed by atoms with Crippen molar-refractivity contribution in [2.24, 2.45) is 5.73 Å². The molecule has 0 radical (unpaired) electrons. The molecule has 0 spiro atoms. The molecule has 3 aromatic heterocycles. The van der Waals surface area contributed by atoms with E-state index in [4.69, 9.17) is 14.9 Å². The smallest absolute Gasteiger partial charge is 0.411 e. The highest BCUT2D eigenvalue weighted by molar-refractivity contribution is 5.94. The molecule has 4 N–H and O–H groups in total. The van der Waals surface area contributed by atoms with Crippen molar-refractivity contribution in [3.05, 3.63) is 83.3 Å². The van der Waals surface area contributed by atoms with Crippen LogP contribution in [0.2, 0.25) is 0 Å². The Labute approximate surface area is 245 Å². The molecular weight excluding hydrogens is 538 g/mol. The van der Waals surface area contributed by atoms with Gasteiger partial charge in [-0.1, -0.05) is 12.1 Å². The molecule has 3 atom stereocenters. The number of ether oxygens (including phenoxy) is 1. The summed E-state index contributed by atoms with van der Waals surface area (Å²) >= 11 is 0. The first-order chi connectivity index (χ1) is 20.0. The maximum absolute atomic E-state index is 13.0. The molecule has 224 valence electrons. The topological polar surface area (TPSA) is 161 Å². The number of aliphatic carboxylic acids is 1. The molecule has 0 fully saturated rings. The normalized spacial score (nSPS) is 16.1. The zero-order valence-electron chi connectivity index (χ0n) is 24.3. The van der Waals surface area contributed by atoms with Crippen LogP contribution in [0.3, 0.4) is 0 Å². The molecule has 3 heterocycles. The second kappa shape index (κ2) is 13.6. The van der Waals surface area contributed by atoms with Crippen molar-refractivity contribution in [2.75, 3.05) is 0 Å². The largest absolute Gasteiger partial charge is 0.480 e. The van der Waals surface area contributed by atoms with E-state index in [0.717, 1.165) is 25.0 Å². The van der Waals surface area contributed by atoms with Crippen LogP contribution in [0.4, 0.5) is 4.79 Å². The van der Waals surface area contributed by atoms with Gasteiger partial charge in [0.1, 0.15) is 17.4 Å². The van der Waals surface area contributed by atoms with E-state index in [1.54, 1.807) is 51.4 Å². The number of carbonyl (C=O) groups excluding carboxylic acids is 2. The number of pyridine rings is 2. The molecule has 0 aliphatic heterocycles. The van der Waals surface area contributed by atoms with Gasteiger partial charge >= 0.3 is 12.1 Å². The Morgan fingerprint density at radius 2 is 1.88 bits per heavy atom. The molecule has 11 heteroatoms. The zero-order valence-corrected chi connectivity index (χ0v) is 24.3. The van der Waals surface area contributed by atoms with Gasteiger partial charge < -0.3 is 25.3 Å². The number of carboxylic acid groups (broad SMARTS) is 1. The molecule has 0 bridgehead atoms. The Morgan fingerprint density at radius 3 is 2.60 bits per heavy atom. The number of nitrogens with two attached hydrogens (primary N) is 1. The third kappa shape index (κ3) is 8.39. The summed E-state index contributed by atoms with van der Waals surface area (Å²) in [5, 5.41) is 12.4. The Bertz CT molecular complexity index is 1370. The van der Waals surface area contributed by atoms with Crippen molar-refractivity contribution < 1.29 is 28.6 Å². The number of carbonyl (C=O) groups is 3. The number of hydrogen-bond donors (Lipinski definition) is 3. The lowest BCUT2D eigenvalue weighted by atomic mass is 9.80. The SMILES string of the molecule is CC(C)(C)OC(=O)N(Cc1ccccn1)Cc1ccc(C(=O)NC(CCC(N)C2CCCc3cccnc32)C(=O)O)o1. The minimum absolute atomic E-state index is 0.0207. The van der Waals surface area contributed by atoms with Crippen molar-refractivity contribution in [1.82, 2.24) is 20.2 Å². The third-order valence-corrected chi connectivity index (χ3v) is 7.11. The van der Waals surface area contributed by atoms with Gasteiger partial charge in [-0.2, -0.15) is 0 Å². The van der Waals surface area contributed by atoms with Crippen LogP contribution >= 0.6 is 0 Å². The van der Waals surface area contributed by atoms with Crippen molar-refractivity contribution in [3.8, 4) is 0 Å². The first-order valence-electron chi connectivity index (χ1n) is 14.2. The average molecular weight is 578 g/mol. The maximum Gasteiger partial charge on any atom is 0.411 e. The van der Waals surface area contributed by atoms with Crippen LogP contribution in [0, 0.1) is 0 Å². The van der Waals surface area contributed by atoms with E-state index < -0.39 is 29.6 Å². The van der Waals surface area contributed by atoms with Crippen molar-refractivity contribution >= 4 is 18.0 Å². The van der Waals surface area contributed by atoms with Crippen LogP contribution < -0.4 is 11.1 Å². The number of amides is 2. The number of fused-ring (bicyclic) bond motifs is 1. The molecule has 11 nitrogen and oxygen atoms in total. The lowest BCUT2D eigenvalue weighted by Crippen LogP contribution is -2.42. The number of rotatable bonds is 11. The number of nitrogens with zero attached hydrogens (tertiary/aromatic N) is 3. The van der Waals surface area contributed by atoms with E-state index in [0.29, 0.717) is 17.9 Å². The number of aryl methyl sites for hydroxylation is 1. The molecule has 2 amide bonds. The Hall–Kier alpha value is -4.25. The molecule has 1 aliphatic carbocycles. The quantitative estimate of drug-likeness (QED) is 0.300. The van der Waals surface area contributed by atoms with Gasteiger partial charge in [0.2, 0.25) is 0 Å². The minimum atomic E-state index is -1.16. The monoisotopic (exact) mass is 577 g/mol. The standard InChI is InChI=1S/C31H39N5O6/c1-31(2,3)42-30(40)36(18-21-10-4-5-16-33-21)19-22-12-15-26(41-22)28(37)35-25(29(38)39)14-13-24(32)23-11-6-8-20-9-7-17-34-27(20)23/h4-5,7,9-10,12,15-17,23-25H,6,8,11,13-14,18-19,32H2,1-3H3,(H,35,37)(H,38,39). The molecule has 0 saturated heterocycles. The van der Waals surface area contributed by atoms with E-state index >= 15 is 0 Å². The van der Waals surface area contributed by atoms with E-state index in [9.17, 15) is 19.5 Å². The predicted molar refractivity (Wildman–Crippen MR) is 154 cm³/mol. The molecule has 42 heavy (non-hydrogen) atoms. The summed E-state index contributed by atoms with van der Waals surface area (Å²) in [6, 6.07) is 11.0. The van der Waals surface area contributed by atoms with E-state index in [1.807, 2.05) is 12.1 Å². The number of nitrogens with one attached hydrogen (secondary N) is 1. The van der Waals surface area contributed by atoms with Crippen LogP contribution in [-0.2, 0) is 29.0 Å². The van der Waals surface area contributed by atoms with Crippen molar-refractivity contribution in [1.29, 1.82) is 0 Å². The third-order valence-electron chi connectivity index (χ3n) is 7.11. The van der Waals surface area contributed by atoms with Crippen molar-refractivity contribution in [3.63, 3.8) is 0 Å². The maximum atomic E-state index is 13.0. The second-order valence-corrected chi connectivity index (χ2v) is 11.6. The molecule has 3 unspecified atom stereocenters. The molecule has 0 aromatic carbocycles.